The Morgan fingerprint density at radius 2 is 2.06 bits per heavy atom. The number of aliphatic hydroxyl groups is 1. The number of aliphatic hydroxyl groups excluding tert-OH is 1. The van der Waals surface area contributed by atoms with Crippen molar-refractivity contribution in [2.45, 2.75) is 19.4 Å². The zero-order valence-corrected chi connectivity index (χ0v) is 9.84. The molecular formula is C13H17NO3. The Bertz CT molecular complexity index is 400. The van der Waals surface area contributed by atoms with Gasteiger partial charge in [0.1, 0.15) is 0 Å². The number of carboxylic acid groups (broad SMARTS) is 1. The van der Waals surface area contributed by atoms with Crippen molar-refractivity contribution in [1.82, 2.24) is 0 Å². The molecule has 0 saturated carbocycles. The smallest absolute Gasteiger partial charge is 0.335 e. The summed E-state index contributed by atoms with van der Waals surface area (Å²) in [4.78, 5) is 12.9. The minimum Gasteiger partial charge on any atom is -0.478 e. The summed E-state index contributed by atoms with van der Waals surface area (Å²) in [5.41, 5.74) is 1.33. The first-order valence-electron chi connectivity index (χ1n) is 5.84. The summed E-state index contributed by atoms with van der Waals surface area (Å²) in [7, 11) is 0. The lowest BCUT2D eigenvalue weighted by atomic mass is 10.0. The Hall–Kier alpha value is -1.55. The maximum absolute atomic E-state index is 10.7. The number of carboxylic acids is 1. The summed E-state index contributed by atoms with van der Waals surface area (Å²) in [6.45, 7) is 3.58. The second-order valence-corrected chi connectivity index (χ2v) is 4.59. The molecule has 1 heterocycles. The fourth-order valence-electron chi connectivity index (χ4n) is 2.23. The van der Waals surface area contributed by atoms with Gasteiger partial charge in [-0.25, -0.2) is 4.79 Å². The van der Waals surface area contributed by atoms with Gasteiger partial charge in [0.15, 0.2) is 0 Å². The predicted octanol–water partition coefficient (Wildman–Crippen LogP) is 1.59. The Morgan fingerprint density at radius 1 is 1.41 bits per heavy atom. The Kier molecular flexibility index (Phi) is 3.33. The molecule has 4 heteroatoms. The lowest BCUT2D eigenvalue weighted by molar-refractivity contribution is 0.0697. The number of hydrogen-bond acceptors (Lipinski definition) is 3. The van der Waals surface area contributed by atoms with Gasteiger partial charge in [-0.15, -0.1) is 0 Å². The van der Waals surface area contributed by atoms with Crippen LogP contribution in [0.4, 0.5) is 5.69 Å². The third-order valence-electron chi connectivity index (χ3n) is 3.39. The van der Waals surface area contributed by atoms with Crippen molar-refractivity contribution in [3.05, 3.63) is 29.8 Å². The van der Waals surface area contributed by atoms with Crippen LogP contribution in [0.3, 0.4) is 0 Å². The van der Waals surface area contributed by atoms with E-state index in [1.54, 1.807) is 12.1 Å². The summed E-state index contributed by atoms with van der Waals surface area (Å²) in [6, 6.07) is 6.89. The number of hydrogen-bond donors (Lipinski definition) is 2. The van der Waals surface area contributed by atoms with Crippen molar-refractivity contribution < 1.29 is 15.0 Å². The van der Waals surface area contributed by atoms with Gasteiger partial charge < -0.3 is 15.1 Å². The van der Waals surface area contributed by atoms with Gasteiger partial charge in [-0.05, 0) is 37.6 Å². The van der Waals surface area contributed by atoms with E-state index < -0.39 is 5.97 Å². The van der Waals surface area contributed by atoms with Crippen LogP contribution in [-0.4, -0.2) is 35.4 Å². The first kappa shape index (κ1) is 11.9. The molecule has 1 saturated heterocycles. The molecule has 1 aromatic rings. The molecule has 1 aliphatic heterocycles. The molecule has 1 aliphatic rings. The van der Waals surface area contributed by atoms with E-state index in [4.69, 9.17) is 5.11 Å². The average Bonchev–Trinajstić information content (AvgIpc) is 2.78. The van der Waals surface area contributed by atoms with Crippen molar-refractivity contribution in [2.75, 3.05) is 18.0 Å². The standard InChI is InChI=1S/C13H17NO3/c1-9(15)11-6-7-14(8-11)12-4-2-10(3-5-12)13(16)17/h2-5,9,11,15H,6-8H2,1H3,(H,16,17)/t9-,11+/m1/s1. The number of nitrogens with zero attached hydrogens (tertiary/aromatic N) is 1. The van der Waals surface area contributed by atoms with Gasteiger partial charge in [-0.2, -0.15) is 0 Å². The van der Waals surface area contributed by atoms with Gasteiger partial charge in [0.05, 0.1) is 11.7 Å². The molecule has 0 aliphatic carbocycles. The molecule has 1 aromatic carbocycles. The van der Waals surface area contributed by atoms with E-state index in [0.29, 0.717) is 11.5 Å². The highest BCUT2D eigenvalue weighted by atomic mass is 16.4. The highest BCUT2D eigenvalue weighted by Gasteiger charge is 2.26. The first-order chi connectivity index (χ1) is 8.08. The van der Waals surface area contributed by atoms with Gasteiger partial charge in [-0.1, -0.05) is 0 Å². The maximum atomic E-state index is 10.7. The molecule has 2 rings (SSSR count). The van der Waals surface area contributed by atoms with Crippen molar-refractivity contribution in [2.24, 2.45) is 5.92 Å². The fourth-order valence-corrected chi connectivity index (χ4v) is 2.23. The summed E-state index contributed by atoms with van der Waals surface area (Å²) >= 11 is 0. The maximum Gasteiger partial charge on any atom is 0.335 e. The van der Waals surface area contributed by atoms with Gasteiger partial charge in [0.25, 0.3) is 0 Å². The third-order valence-corrected chi connectivity index (χ3v) is 3.39. The molecule has 4 nitrogen and oxygen atoms in total. The molecule has 17 heavy (non-hydrogen) atoms. The molecule has 0 amide bonds. The van der Waals surface area contributed by atoms with Crippen LogP contribution in [0.2, 0.25) is 0 Å². The molecular weight excluding hydrogens is 218 g/mol. The van der Waals surface area contributed by atoms with Crippen LogP contribution in [0, 0.1) is 5.92 Å². The van der Waals surface area contributed by atoms with Crippen LogP contribution in [-0.2, 0) is 0 Å². The van der Waals surface area contributed by atoms with Gasteiger partial charge >= 0.3 is 5.97 Å². The number of aromatic carboxylic acids is 1. The highest BCUT2D eigenvalue weighted by molar-refractivity contribution is 5.88. The van der Waals surface area contributed by atoms with E-state index in [1.165, 1.54) is 0 Å². The van der Waals surface area contributed by atoms with Gasteiger partial charge in [0, 0.05) is 24.7 Å². The van der Waals surface area contributed by atoms with Gasteiger partial charge in [0.2, 0.25) is 0 Å². The number of carbonyl (C=O) groups is 1. The normalized spacial score (nSPS) is 21.5. The van der Waals surface area contributed by atoms with E-state index in [-0.39, 0.29) is 6.10 Å². The minimum absolute atomic E-state index is 0.279. The van der Waals surface area contributed by atoms with E-state index in [0.717, 1.165) is 25.2 Å². The van der Waals surface area contributed by atoms with Crippen molar-refractivity contribution in [1.29, 1.82) is 0 Å². The van der Waals surface area contributed by atoms with Crippen LogP contribution in [0.5, 0.6) is 0 Å². The lowest BCUT2D eigenvalue weighted by Gasteiger charge is -2.19. The number of rotatable bonds is 3. The SMILES string of the molecule is C[C@@H](O)[C@H]1CCN(c2ccc(C(=O)O)cc2)C1. The second-order valence-electron chi connectivity index (χ2n) is 4.59. The molecule has 0 aromatic heterocycles. The highest BCUT2D eigenvalue weighted by Crippen LogP contribution is 2.25. The van der Waals surface area contributed by atoms with Crippen LogP contribution < -0.4 is 4.90 Å². The van der Waals surface area contributed by atoms with Crippen molar-refractivity contribution in [3.8, 4) is 0 Å². The van der Waals surface area contributed by atoms with Crippen molar-refractivity contribution in [3.63, 3.8) is 0 Å². The molecule has 0 radical (unpaired) electrons. The summed E-state index contributed by atoms with van der Waals surface area (Å²) < 4.78 is 0. The van der Waals surface area contributed by atoms with Crippen LogP contribution >= 0.6 is 0 Å². The predicted molar refractivity (Wildman–Crippen MR) is 65.4 cm³/mol. The zero-order chi connectivity index (χ0) is 12.4. The zero-order valence-electron chi connectivity index (χ0n) is 9.84. The second kappa shape index (κ2) is 4.75. The molecule has 0 spiro atoms. The molecule has 0 unspecified atom stereocenters. The summed E-state index contributed by atoms with van der Waals surface area (Å²) in [6.07, 6.45) is 0.705. The Morgan fingerprint density at radius 3 is 2.53 bits per heavy atom. The van der Waals surface area contributed by atoms with Gasteiger partial charge in [-0.3, -0.25) is 0 Å². The fraction of sp³-hybridized carbons (Fsp3) is 0.462. The van der Waals surface area contributed by atoms with E-state index in [9.17, 15) is 9.90 Å². The van der Waals surface area contributed by atoms with Crippen molar-refractivity contribution >= 4 is 11.7 Å². The topological polar surface area (TPSA) is 60.8 Å². The summed E-state index contributed by atoms with van der Waals surface area (Å²) in [5.74, 6) is -0.589. The molecule has 2 atom stereocenters. The first-order valence-corrected chi connectivity index (χ1v) is 5.84. The number of anilines is 1. The molecule has 2 N–H and O–H groups in total. The monoisotopic (exact) mass is 235 g/mol. The van der Waals surface area contributed by atoms with Crippen LogP contribution in [0.25, 0.3) is 0 Å². The Balaban J connectivity index is 2.06. The minimum atomic E-state index is -0.903. The van der Waals surface area contributed by atoms with E-state index in [2.05, 4.69) is 4.90 Å². The summed E-state index contributed by atoms with van der Waals surface area (Å²) in [5, 5.41) is 18.3. The molecule has 1 fully saturated rings. The molecule has 92 valence electrons. The van der Waals surface area contributed by atoms with E-state index >= 15 is 0 Å². The molecule has 0 bridgehead atoms. The quantitative estimate of drug-likeness (QED) is 0.835. The van der Waals surface area contributed by atoms with E-state index in [1.807, 2.05) is 19.1 Å². The third kappa shape index (κ3) is 2.58. The average molecular weight is 235 g/mol. The largest absolute Gasteiger partial charge is 0.478 e. The Labute approximate surface area is 100 Å². The van der Waals surface area contributed by atoms with Crippen LogP contribution in [0.1, 0.15) is 23.7 Å². The van der Waals surface area contributed by atoms with Crippen LogP contribution in [0.15, 0.2) is 24.3 Å². The lowest BCUT2D eigenvalue weighted by Crippen LogP contribution is -2.23. The number of benzene rings is 1.